The minimum absolute atomic E-state index is 0.444. The van der Waals surface area contributed by atoms with Crippen LogP contribution >= 0.6 is 12.6 Å². The molecule has 82 valence electrons. The van der Waals surface area contributed by atoms with Crippen LogP contribution in [-0.4, -0.2) is 0 Å². The van der Waals surface area contributed by atoms with Crippen LogP contribution in [0.15, 0.2) is 47.4 Å². The second kappa shape index (κ2) is 4.37. The lowest BCUT2D eigenvalue weighted by molar-refractivity contribution is 0.474. The van der Waals surface area contributed by atoms with E-state index in [0.717, 1.165) is 4.90 Å². The second-order valence-corrected chi connectivity index (χ2v) is 3.81. The first kappa shape index (κ1) is 10.7. The Morgan fingerprint density at radius 3 is 2.31 bits per heavy atom. The van der Waals surface area contributed by atoms with E-state index in [1.807, 2.05) is 24.3 Å². The summed E-state index contributed by atoms with van der Waals surface area (Å²) in [6, 6.07) is 12.7. The molecule has 16 heavy (non-hydrogen) atoms. The standard InChI is InChI=1S/C12H12N2OS/c13-8-4-3-6-10(12(8)14)15-9-5-1-2-7-11(9)16/h1-7,16H,13-14H2. The van der Waals surface area contributed by atoms with Gasteiger partial charge < -0.3 is 16.2 Å². The number of hydrogen-bond acceptors (Lipinski definition) is 4. The number of nitrogens with two attached hydrogens (primary N) is 2. The molecule has 0 fully saturated rings. The molecule has 2 aromatic carbocycles. The number of nitrogen functional groups attached to an aromatic ring is 2. The molecule has 2 aromatic rings. The van der Waals surface area contributed by atoms with Crippen LogP contribution in [0.5, 0.6) is 11.5 Å². The maximum Gasteiger partial charge on any atom is 0.152 e. The molecule has 0 aliphatic rings. The number of hydrogen-bond donors (Lipinski definition) is 3. The SMILES string of the molecule is Nc1cccc(Oc2ccccc2S)c1N. The predicted molar refractivity (Wildman–Crippen MR) is 69.0 cm³/mol. The number of rotatable bonds is 2. The van der Waals surface area contributed by atoms with E-state index < -0.39 is 0 Å². The van der Waals surface area contributed by atoms with Gasteiger partial charge in [0.05, 0.1) is 11.4 Å². The van der Waals surface area contributed by atoms with Crippen molar-refractivity contribution >= 4 is 24.0 Å². The van der Waals surface area contributed by atoms with Crippen molar-refractivity contribution in [2.24, 2.45) is 0 Å². The molecule has 2 rings (SSSR count). The quantitative estimate of drug-likeness (QED) is 0.551. The van der Waals surface area contributed by atoms with Crippen molar-refractivity contribution in [1.29, 1.82) is 0 Å². The number of benzene rings is 2. The van der Waals surface area contributed by atoms with Gasteiger partial charge in [0, 0.05) is 4.90 Å². The Hall–Kier alpha value is -1.81. The van der Waals surface area contributed by atoms with Crippen LogP contribution < -0.4 is 16.2 Å². The monoisotopic (exact) mass is 232 g/mol. The van der Waals surface area contributed by atoms with Gasteiger partial charge in [-0.3, -0.25) is 0 Å². The number of para-hydroxylation sites is 2. The molecule has 0 unspecified atom stereocenters. The van der Waals surface area contributed by atoms with Crippen LogP contribution in [0.3, 0.4) is 0 Å². The van der Waals surface area contributed by atoms with Crippen molar-refractivity contribution in [2.75, 3.05) is 11.5 Å². The van der Waals surface area contributed by atoms with E-state index in [1.165, 1.54) is 0 Å². The molecule has 3 nitrogen and oxygen atoms in total. The first-order valence-electron chi connectivity index (χ1n) is 4.78. The Bertz CT molecular complexity index is 514. The lowest BCUT2D eigenvalue weighted by Gasteiger charge is -2.11. The first-order valence-corrected chi connectivity index (χ1v) is 5.23. The molecule has 0 radical (unpaired) electrons. The molecule has 0 saturated heterocycles. The van der Waals surface area contributed by atoms with Crippen molar-refractivity contribution < 1.29 is 4.74 Å². The molecule has 0 amide bonds. The molecule has 0 saturated carbocycles. The Morgan fingerprint density at radius 1 is 0.875 bits per heavy atom. The van der Waals surface area contributed by atoms with Crippen LogP contribution in [0.4, 0.5) is 11.4 Å². The summed E-state index contributed by atoms with van der Waals surface area (Å²) >= 11 is 4.29. The zero-order valence-corrected chi connectivity index (χ0v) is 9.45. The molecule has 0 aromatic heterocycles. The van der Waals surface area contributed by atoms with Gasteiger partial charge in [0.15, 0.2) is 5.75 Å². The highest BCUT2D eigenvalue weighted by atomic mass is 32.1. The maximum absolute atomic E-state index is 5.81. The van der Waals surface area contributed by atoms with E-state index in [-0.39, 0.29) is 0 Å². The Kier molecular flexibility index (Phi) is 2.92. The third-order valence-electron chi connectivity index (χ3n) is 2.19. The number of anilines is 2. The van der Waals surface area contributed by atoms with Crippen molar-refractivity contribution in [3.05, 3.63) is 42.5 Å². The van der Waals surface area contributed by atoms with Gasteiger partial charge in [-0.15, -0.1) is 12.6 Å². The third-order valence-corrected chi connectivity index (χ3v) is 2.55. The molecule has 4 N–H and O–H groups in total. The zero-order chi connectivity index (χ0) is 11.5. The van der Waals surface area contributed by atoms with Gasteiger partial charge in [0.2, 0.25) is 0 Å². The van der Waals surface area contributed by atoms with Crippen LogP contribution in [0, 0.1) is 0 Å². The van der Waals surface area contributed by atoms with E-state index in [1.54, 1.807) is 18.2 Å². The average molecular weight is 232 g/mol. The van der Waals surface area contributed by atoms with Gasteiger partial charge in [-0.1, -0.05) is 18.2 Å². The molecule has 4 heteroatoms. The van der Waals surface area contributed by atoms with Gasteiger partial charge in [0.25, 0.3) is 0 Å². The van der Waals surface area contributed by atoms with Crippen LogP contribution in [0.2, 0.25) is 0 Å². The Morgan fingerprint density at radius 2 is 1.56 bits per heavy atom. The number of thiol groups is 1. The van der Waals surface area contributed by atoms with Crippen molar-refractivity contribution in [3.63, 3.8) is 0 Å². The molecule has 0 aliphatic heterocycles. The second-order valence-electron chi connectivity index (χ2n) is 3.33. The van der Waals surface area contributed by atoms with Crippen LogP contribution in [0.25, 0.3) is 0 Å². The van der Waals surface area contributed by atoms with Crippen molar-refractivity contribution in [3.8, 4) is 11.5 Å². The minimum Gasteiger partial charge on any atom is -0.454 e. The maximum atomic E-state index is 5.81. The minimum atomic E-state index is 0.444. The average Bonchev–Trinajstić information content (AvgIpc) is 2.28. The van der Waals surface area contributed by atoms with Gasteiger partial charge in [0.1, 0.15) is 5.75 Å². The summed E-state index contributed by atoms with van der Waals surface area (Å²) < 4.78 is 5.64. The van der Waals surface area contributed by atoms with Crippen LogP contribution in [-0.2, 0) is 0 Å². The van der Waals surface area contributed by atoms with Crippen molar-refractivity contribution in [1.82, 2.24) is 0 Å². The summed E-state index contributed by atoms with van der Waals surface area (Å²) in [5.74, 6) is 1.20. The highest BCUT2D eigenvalue weighted by molar-refractivity contribution is 7.80. The molecule has 0 atom stereocenters. The number of ether oxygens (including phenoxy) is 1. The normalized spacial score (nSPS) is 10.1. The lowest BCUT2D eigenvalue weighted by Crippen LogP contribution is -1.97. The summed E-state index contributed by atoms with van der Waals surface area (Å²) in [6.07, 6.45) is 0. The zero-order valence-electron chi connectivity index (χ0n) is 8.55. The van der Waals surface area contributed by atoms with Gasteiger partial charge in [-0.25, -0.2) is 0 Å². The lowest BCUT2D eigenvalue weighted by atomic mass is 10.2. The topological polar surface area (TPSA) is 61.3 Å². The van der Waals surface area contributed by atoms with Crippen LogP contribution in [0.1, 0.15) is 0 Å². The fourth-order valence-corrected chi connectivity index (χ4v) is 1.52. The van der Waals surface area contributed by atoms with E-state index in [2.05, 4.69) is 12.6 Å². The molecule has 0 aliphatic carbocycles. The summed E-state index contributed by atoms with van der Waals surface area (Å²) in [7, 11) is 0. The summed E-state index contributed by atoms with van der Waals surface area (Å²) in [5, 5.41) is 0. The predicted octanol–water partition coefficient (Wildman–Crippen LogP) is 2.93. The fraction of sp³-hybridized carbons (Fsp3) is 0. The highest BCUT2D eigenvalue weighted by Gasteiger charge is 2.06. The molecule has 0 spiro atoms. The van der Waals surface area contributed by atoms with E-state index in [4.69, 9.17) is 16.2 Å². The van der Waals surface area contributed by atoms with Gasteiger partial charge in [-0.2, -0.15) is 0 Å². The Labute approximate surface area is 99.4 Å². The van der Waals surface area contributed by atoms with E-state index >= 15 is 0 Å². The van der Waals surface area contributed by atoms with Crippen molar-refractivity contribution in [2.45, 2.75) is 4.90 Å². The molecular weight excluding hydrogens is 220 g/mol. The molecule has 0 heterocycles. The fourth-order valence-electron chi connectivity index (χ4n) is 1.31. The van der Waals surface area contributed by atoms with E-state index in [9.17, 15) is 0 Å². The summed E-state index contributed by atoms with van der Waals surface area (Å²) in [4.78, 5) is 0.754. The molecular formula is C12H12N2OS. The smallest absolute Gasteiger partial charge is 0.152 e. The largest absolute Gasteiger partial charge is 0.454 e. The third kappa shape index (κ3) is 2.06. The molecule has 0 bridgehead atoms. The van der Waals surface area contributed by atoms with E-state index in [0.29, 0.717) is 22.9 Å². The van der Waals surface area contributed by atoms with Gasteiger partial charge >= 0.3 is 0 Å². The highest BCUT2D eigenvalue weighted by Crippen LogP contribution is 2.33. The summed E-state index contributed by atoms with van der Waals surface area (Å²) in [6.45, 7) is 0. The summed E-state index contributed by atoms with van der Waals surface area (Å²) in [5.41, 5.74) is 12.4. The Balaban J connectivity index is 2.35. The van der Waals surface area contributed by atoms with Gasteiger partial charge in [-0.05, 0) is 24.3 Å². The first-order chi connectivity index (χ1) is 7.68.